The number of ether oxygens (including phenoxy) is 1. The van der Waals surface area contributed by atoms with E-state index in [1.807, 2.05) is 6.07 Å². The third-order valence-corrected chi connectivity index (χ3v) is 3.15. The normalized spacial score (nSPS) is 20.8. The highest BCUT2D eigenvalue weighted by atomic mass is 16.5. The fourth-order valence-corrected chi connectivity index (χ4v) is 2.45. The molecule has 1 aromatic rings. The SMILES string of the molecule is COCC(C)NC1CCc2c(O)cccc21. The maximum atomic E-state index is 9.73. The van der Waals surface area contributed by atoms with Gasteiger partial charge in [-0.25, -0.2) is 0 Å². The van der Waals surface area contributed by atoms with E-state index in [2.05, 4.69) is 18.3 Å². The van der Waals surface area contributed by atoms with Gasteiger partial charge in [0, 0.05) is 19.2 Å². The quantitative estimate of drug-likeness (QED) is 0.817. The molecule has 0 fully saturated rings. The molecule has 88 valence electrons. The average Bonchev–Trinajstić information content (AvgIpc) is 2.64. The molecule has 2 rings (SSSR count). The van der Waals surface area contributed by atoms with Crippen molar-refractivity contribution in [1.82, 2.24) is 5.32 Å². The van der Waals surface area contributed by atoms with Crippen molar-refractivity contribution in [3.8, 4) is 5.75 Å². The smallest absolute Gasteiger partial charge is 0.119 e. The van der Waals surface area contributed by atoms with E-state index in [0.29, 0.717) is 24.4 Å². The van der Waals surface area contributed by atoms with Crippen LogP contribution in [0.2, 0.25) is 0 Å². The Morgan fingerprint density at radius 3 is 3.12 bits per heavy atom. The molecule has 0 spiro atoms. The summed E-state index contributed by atoms with van der Waals surface area (Å²) in [6, 6.07) is 6.46. The molecule has 0 amide bonds. The second kappa shape index (κ2) is 4.85. The molecule has 0 saturated heterocycles. The zero-order valence-electron chi connectivity index (χ0n) is 9.86. The number of benzene rings is 1. The van der Waals surface area contributed by atoms with E-state index in [-0.39, 0.29) is 0 Å². The molecule has 0 aliphatic heterocycles. The van der Waals surface area contributed by atoms with Crippen molar-refractivity contribution >= 4 is 0 Å². The van der Waals surface area contributed by atoms with Crippen molar-refractivity contribution in [2.24, 2.45) is 0 Å². The van der Waals surface area contributed by atoms with E-state index in [1.165, 1.54) is 5.56 Å². The van der Waals surface area contributed by atoms with E-state index in [4.69, 9.17) is 4.74 Å². The summed E-state index contributed by atoms with van der Waals surface area (Å²) in [7, 11) is 1.71. The molecular formula is C13H19NO2. The monoisotopic (exact) mass is 221 g/mol. The summed E-state index contributed by atoms with van der Waals surface area (Å²) >= 11 is 0. The van der Waals surface area contributed by atoms with Crippen LogP contribution in [-0.2, 0) is 11.2 Å². The summed E-state index contributed by atoms with van der Waals surface area (Å²) in [5.41, 5.74) is 2.34. The zero-order chi connectivity index (χ0) is 11.5. The highest BCUT2D eigenvalue weighted by Gasteiger charge is 2.25. The molecular weight excluding hydrogens is 202 g/mol. The fraction of sp³-hybridized carbons (Fsp3) is 0.538. The van der Waals surface area contributed by atoms with Crippen LogP contribution in [0.3, 0.4) is 0 Å². The highest BCUT2D eigenvalue weighted by Crippen LogP contribution is 2.36. The lowest BCUT2D eigenvalue weighted by Crippen LogP contribution is -2.32. The van der Waals surface area contributed by atoms with Crippen LogP contribution < -0.4 is 5.32 Å². The maximum absolute atomic E-state index is 9.73. The number of phenols is 1. The van der Waals surface area contributed by atoms with E-state index >= 15 is 0 Å². The lowest BCUT2D eigenvalue weighted by atomic mass is 10.1. The molecule has 0 heterocycles. The first-order valence-corrected chi connectivity index (χ1v) is 5.78. The summed E-state index contributed by atoms with van der Waals surface area (Å²) < 4.78 is 5.11. The van der Waals surface area contributed by atoms with Crippen molar-refractivity contribution in [3.05, 3.63) is 29.3 Å². The van der Waals surface area contributed by atoms with Crippen molar-refractivity contribution in [3.63, 3.8) is 0 Å². The summed E-state index contributed by atoms with van der Waals surface area (Å²) in [5.74, 6) is 0.432. The van der Waals surface area contributed by atoms with Gasteiger partial charge in [0.2, 0.25) is 0 Å². The first-order chi connectivity index (χ1) is 7.72. The Morgan fingerprint density at radius 1 is 1.56 bits per heavy atom. The Kier molecular flexibility index (Phi) is 3.46. The predicted molar refractivity (Wildman–Crippen MR) is 63.6 cm³/mol. The number of hydrogen-bond acceptors (Lipinski definition) is 3. The van der Waals surface area contributed by atoms with Gasteiger partial charge in [0.25, 0.3) is 0 Å². The Labute approximate surface area is 96.4 Å². The van der Waals surface area contributed by atoms with Crippen LogP contribution in [0.15, 0.2) is 18.2 Å². The van der Waals surface area contributed by atoms with Gasteiger partial charge in [0.05, 0.1) is 6.61 Å². The van der Waals surface area contributed by atoms with Gasteiger partial charge < -0.3 is 15.2 Å². The molecule has 3 heteroatoms. The van der Waals surface area contributed by atoms with Crippen LogP contribution in [0.1, 0.15) is 30.5 Å². The molecule has 1 aromatic carbocycles. The van der Waals surface area contributed by atoms with Gasteiger partial charge in [-0.3, -0.25) is 0 Å². The number of methoxy groups -OCH3 is 1. The summed E-state index contributed by atoms with van der Waals surface area (Å²) in [6.45, 7) is 2.83. The number of rotatable bonds is 4. The Balaban J connectivity index is 2.09. The molecule has 2 unspecified atom stereocenters. The van der Waals surface area contributed by atoms with Crippen LogP contribution in [0.5, 0.6) is 5.75 Å². The highest BCUT2D eigenvalue weighted by molar-refractivity contribution is 5.44. The largest absolute Gasteiger partial charge is 0.508 e. The van der Waals surface area contributed by atoms with Gasteiger partial charge in [-0.1, -0.05) is 12.1 Å². The molecule has 2 atom stereocenters. The average molecular weight is 221 g/mol. The minimum Gasteiger partial charge on any atom is -0.508 e. The van der Waals surface area contributed by atoms with E-state index in [1.54, 1.807) is 13.2 Å². The number of hydrogen-bond donors (Lipinski definition) is 2. The number of phenolic OH excluding ortho intramolecular Hbond substituents is 1. The summed E-state index contributed by atoms with van der Waals surface area (Å²) in [4.78, 5) is 0. The van der Waals surface area contributed by atoms with Crippen LogP contribution in [0.4, 0.5) is 0 Å². The lowest BCUT2D eigenvalue weighted by Gasteiger charge is -2.19. The molecule has 2 N–H and O–H groups in total. The zero-order valence-corrected chi connectivity index (χ0v) is 9.86. The first-order valence-electron chi connectivity index (χ1n) is 5.78. The molecule has 16 heavy (non-hydrogen) atoms. The second-order valence-electron chi connectivity index (χ2n) is 4.46. The van der Waals surface area contributed by atoms with Gasteiger partial charge in [-0.15, -0.1) is 0 Å². The molecule has 0 aromatic heterocycles. The van der Waals surface area contributed by atoms with Gasteiger partial charge in [0.15, 0.2) is 0 Å². The summed E-state index contributed by atoms with van der Waals surface area (Å²) in [6.07, 6.45) is 2.01. The van der Waals surface area contributed by atoms with E-state index < -0.39 is 0 Å². The third kappa shape index (κ3) is 2.20. The van der Waals surface area contributed by atoms with Crippen molar-refractivity contribution in [2.75, 3.05) is 13.7 Å². The number of nitrogens with one attached hydrogen (secondary N) is 1. The second-order valence-corrected chi connectivity index (χ2v) is 4.46. The maximum Gasteiger partial charge on any atom is 0.119 e. The van der Waals surface area contributed by atoms with Crippen LogP contribution in [0.25, 0.3) is 0 Å². The Hall–Kier alpha value is -1.06. The van der Waals surface area contributed by atoms with Crippen LogP contribution in [-0.4, -0.2) is 24.9 Å². The van der Waals surface area contributed by atoms with Gasteiger partial charge in [-0.05, 0) is 37.0 Å². The van der Waals surface area contributed by atoms with Crippen molar-refractivity contribution in [1.29, 1.82) is 0 Å². The Morgan fingerprint density at radius 2 is 2.38 bits per heavy atom. The van der Waals surface area contributed by atoms with Crippen LogP contribution in [0, 0.1) is 0 Å². The number of aromatic hydroxyl groups is 1. The topological polar surface area (TPSA) is 41.5 Å². The summed E-state index contributed by atoms with van der Waals surface area (Å²) in [5, 5.41) is 13.3. The van der Waals surface area contributed by atoms with Gasteiger partial charge >= 0.3 is 0 Å². The molecule has 3 nitrogen and oxygen atoms in total. The van der Waals surface area contributed by atoms with Gasteiger partial charge in [-0.2, -0.15) is 0 Å². The van der Waals surface area contributed by atoms with Crippen LogP contribution >= 0.6 is 0 Å². The Bertz CT molecular complexity index is 365. The predicted octanol–water partition coefficient (Wildman–Crippen LogP) is 2.00. The van der Waals surface area contributed by atoms with Crippen molar-refractivity contribution < 1.29 is 9.84 Å². The molecule has 0 bridgehead atoms. The van der Waals surface area contributed by atoms with Crippen molar-refractivity contribution in [2.45, 2.75) is 31.8 Å². The molecule has 0 radical (unpaired) electrons. The standard InChI is InChI=1S/C13H19NO2/c1-9(8-16-2)14-12-7-6-11-10(12)4-3-5-13(11)15/h3-5,9,12,14-15H,6-8H2,1-2H3. The first kappa shape index (κ1) is 11.4. The fourth-order valence-electron chi connectivity index (χ4n) is 2.45. The lowest BCUT2D eigenvalue weighted by molar-refractivity contribution is 0.166. The third-order valence-electron chi connectivity index (χ3n) is 3.15. The van der Waals surface area contributed by atoms with Gasteiger partial charge in [0.1, 0.15) is 5.75 Å². The number of fused-ring (bicyclic) bond motifs is 1. The van der Waals surface area contributed by atoms with E-state index in [0.717, 1.165) is 18.4 Å². The minimum atomic E-state index is 0.336. The molecule has 1 aliphatic rings. The molecule has 1 aliphatic carbocycles. The minimum absolute atomic E-state index is 0.336. The molecule has 0 saturated carbocycles. The van der Waals surface area contributed by atoms with E-state index in [9.17, 15) is 5.11 Å².